The molecule has 0 aromatic heterocycles. The van der Waals surface area contributed by atoms with Gasteiger partial charge in [-0.05, 0) is 36.3 Å². The molecule has 1 atom stereocenters. The summed E-state index contributed by atoms with van der Waals surface area (Å²) < 4.78 is 0. The summed E-state index contributed by atoms with van der Waals surface area (Å²) in [5.74, 6) is 1.02. The molecule has 1 heteroatoms. The first kappa shape index (κ1) is 11.0. The van der Waals surface area contributed by atoms with Crippen molar-refractivity contribution < 1.29 is 4.79 Å². The third kappa shape index (κ3) is 1.82. The zero-order valence-electron chi connectivity index (χ0n) is 10.5. The Balaban J connectivity index is 1.68. The summed E-state index contributed by atoms with van der Waals surface area (Å²) in [5, 5.41) is 0. The topological polar surface area (TPSA) is 17.1 Å². The van der Waals surface area contributed by atoms with Gasteiger partial charge in [0.15, 0.2) is 0 Å². The summed E-state index contributed by atoms with van der Waals surface area (Å²) in [4.78, 5) is 12.4. The molecule has 0 N–H and O–H groups in total. The molecule has 0 aliphatic heterocycles. The van der Waals surface area contributed by atoms with Crippen LogP contribution in [0.3, 0.4) is 0 Å². The smallest absolute Gasteiger partial charge is 0.139 e. The van der Waals surface area contributed by atoms with E-state index < -0.39 is 0 Å². The fourth-order valence-corrected chi connectivity index (χ4v) is 3.45. The van der Waals surface area contributed by atoms with Crippen LogP contribution in [-0.4, -0.2) is 5.78 Å². The normalized spacial score (nSPS) is 25.1. The first-order chi connectivity index (χ1) is 8.19. The van der Waals surface area contributed by atoms with Crippen molar-refractivity contribution >= 4 is 5.78 Å². The third-order valence-electron chi connectivity index (χ3n) is 4.77. The van der Waals surface area contributed by atoms with E-state index >= 15 is 0 Å². The molecular formula is C16H20O. The molecule has 1 fully saturated rings. The molecule has 0 heterocycles. The van der Waals surface area contributed by atoms with Gasteiger partial charge in [0, 0.05) is 11.8 Å². The lowest BCUT2D eigenvalue weighted by molar-refractivity contribution is -0.128. The summed E-state index contributed by atoms with van der Waals surface area (Å²) in [6.45, 7) is 2.17. The van der Waals surface area contributed by atoms with Crippen LogP contribution in [0.25, 0.3) is 0 Å². The first-order valence-electron chi connectivity index (χ1n) is 6.80. The minimum atomic E-state index is 0.00450. The van der Waals surface area contributed by atoms with Gasteiger partial charge in [-0.2, -0.15) is 0 Å². The monoisotopic (exact) mass is 228 g/mol. The summed E-state index contributed by atoms with van der Waals surface area (Å²) >= 11 is 0. The van der Waals surface area contributed by atoms with E-state index in [-0.39, 0.29) is 5.41 Å². The van der Waals surface area contributed by atoms with Crippen molar-refractivity contribution in [2.24, 2.45) is 5.41 Å². The van der Waals surface area contributed by atoms with Crippen molar-refractivity contribution in [1.82, 2.24) is 0 Å². The Hall–Kier alpha value is -1.11. The molecule has 90 valence electrons. The van der Waals surface area contributed by atoms with Gasteiger partial charge in [-0.3, -0.25) is 4.79 Å². The number of benzene rings is 1. The number of rotatable bonds is 3. The van der Waals surface area contributed by atoms with Crippen LogP contribution in [-0.2, 0) is 11.2 Å². The molecule has 1 aromatic rings. The molecule has 0 amide bonds. The van der Waals surface area contributed by atoms with Gasteiger partial charge in [-0.1, -0.05) is 44.0 Å². The fraction of sp³-hybridized carbons (Fsp3) is 0.562. The van der Waals surface area contributed by atoms with Crippen molar-refractivity contribution in [3.8, 4) is 0 Å². The molecule has 3 rings (SSSR count). The maximum absolute atomic E-state index is 12.4. The van der Waals surface area contributed by atoms with Crippen LogP contribution in [0.5, 0.6) is 0 Å². The third-order valence-corrected chi connectivity index (χ3v) is 4.77. The molecule has 17 heavy (non-hydrogen) atoms. The quantitative estimate of drug-likeness (QED) is 0.767. The van der Waals surface area contributed by atoms with Crippen LogP contribution in [0.4, 0.5) is 0 Å². The summed E-state index contributed by atoms with van der Waals surface area (Å²) in [6, 6.07) is 8.56. The molecule has 1 saturated carbocycles. The van der Waals surface area contributed by atoms with E-state index in [1.807, 2.05) is 0 Å². The molecule has 2 aliphatic rings. The lowest BCUT2D eigenvalue weighted by atomic mass is 9.71. The summed E-state index contributed by atoms with van der Waals surface area (Å²) in [5.41, 5.74) is 2.87. The van der Waals surface area contributed by atoms with E-state index in [9.17, 15) is 4.79 Å². The van der Waals surface area contributed by atoms with Crippen LogP contribution < -0.4 is 0 Å². The molecule has 0 radical (unpaired) electrons. The number of carbonyl (C=O) groups is 1. The van der Waals surface area contributed by atoms with Crippen LogP contribution in [0, 0.1) is 5.41 Å². The van der Waals surface area contributed by atoms with Gasteiger partial charge < -0.3 is 0 Å². The Bertz CT molecular complexity index is 441. The van der Waals surface area contributed by atoms with Crippen molar-refractivity contribution in [3.63, 3.8) is 0 Å². The Labute approximate surface area is 103 Å². The highest BCUT2D eigenvalue weighted by Crippen LogP contribution is 2.44. The largest absolute Gasteiger partial charge is 0.299 e. The summed E-state index contributed by atoms with van der Waals surface area (Å²) in [7, 11) is 0. The average Bonchev–Trinajstić information content (AvgIpc) is 2.74. The molecule has 0 saturated heterocycles. The number of fused-ring (bicyclic) bond motifs is 1. The number of Topliss-reactive ketones (excluding diaryl/α,β-unsaturated/α-hetero) is 1. The SMILES string of the molecule is CC1(C(=O)CC2Cc3ccccc32)CCCC1. The van der Waals surface area contributed by atoms with Gasteiger partial charge in [-0.15, -0.1) is 0 Å². The van der Waals surface area contributed by atoms with Crippen LogP contribution >= 0.6 is 0 Å². The lowest BCUT2D eigenvalue weighted by Crippen LogP contribution is -2.29. The molecule has 0 bridgehead atoms. The van der Waals surface area contributed by atoms with E-state index in [1.165, 1.54) is 24.0 Å². The number of hydrogen-bond acceptors (Lipinski definition) is 1. The number of ketones is 1. The lowest BCUT2D eigenvalue weighted by Gasteiger charge is -2.32. The molecular weight excluding hydrogens is 208 g/mol. The predicted octanol–water partition coefficient (Wildman–Crippen LogP) is 3.87. The van der Waals surface area contributed by atoms with Crippen molar-refractivity contribution in [1.29, 1.82) is 0 Å². The Morgan fingerprint density at radius 1 is 1.29 bits per heavy atom. The highest BCUT2D eigenvalue weighted by atomic mass is 16.1. The Kier molecular flexibility index (Phi) is 2.57. The zero-order chi connectivity index (χ0) is 11.9. The minimum absolute atomic E-state index is 0.00450. The molecule has 2 aliphatic carbocycles. The van der Waals surface area contributed by atoms with Gasteiger partial charge in [-0.25, -0.2) is 0 Å². The van der Waals surface area contributed by atoms with E-state index in [4.69, 9.17) is 0 Å². The van der Waals surface area contributed by atoms with Gasteiger partial charge in [0.05, 0.1) is 0 Å². The second kappa shape index (κ2) is 3.97. The fourth-order valence-electron chi connectivity index (χ4n) is 3.45. The maximum Gasteiger partial charge on any atom is 0.139 e. The predicted molar refractivity (Wildman–Crippen MR) is 69.1 cm³/mol. The average molecular weight is 228 g/mol. The Morgan fingerprint density at radius 3 is 2.71 bits per heavy atom. The molecule has 1 nitrogen and oxygen atoms in total. The van der Waals surface area contributed by atoms with Gasteiger partial charge >= 0.3 is 0 Å². The molecule has 0 spiro atoms. The highest BCUT2D eigenvalue weighted by Gasteiger charge is 2.38. The first-order valence-corrected chi connectivity index (χ1v) is 6.80. The standard InChI is InChI=1S/C16H20O/c1-16(8-4-5-9-16)15(17)11-13-10-12-6-2-3-7-14(12)13/h2-3,6-7,13H,4-5,8-11H2,1H3. The van der Waals surface area contributed by atoms with Gasteiger partial charge in [0.2, 0.25) is 0 Å². The Morgan fingerprint density at radius 2 is 2.00 bits per heavy atom. The van der Waals surface area contributed by atoms with Crippen LogP contribution in [0.15, 0.2) is 24.3 Å². The van der Waals surface area contributed by atoms with Crippen molar-refractivity contribution in [2.45, 2.75) is 51.4 Å². The van der Waals surface area contributed by atoms with Gasteiger partial charge in [0.1, 0.15) is 5.78 Å². The highest BCUT2D eigenvalue weighted by molar-refractivity contribution is 5.85. The molecule has 1 aromatic carbocycles. The van der Waals surface area contributed by atoms with E-state index in [0.717, 1.165) is 25.7 Å². The second-order valence-corrected chi connectivity index (χ2v) is 5.99. The van der Waals surface area contributed by atoms with E-state index in [2.05, 4.69) is 31.2 Å². The van der Waals surface area contributed by atoms with E-state index in [0.29, 0.717) is 11.7 Å². The second-order valence-electron chi connectivity index (χ2n) is 5.99. The molecule has 1 unspecified atom stereocenters. The number of carbonyl (C=O) groups excluding carboxylic acids is 1. The van der Waals surface area contributed by atoms with Crippen LogP contribution in [0.1, 0.15) is 56.1 Å². The van der Waals surface area contributed by atoms with E-state index in [1.54, 1.807) is 0 Å². The summed E-state index contributed by atoms with van der Waals surface area (Å²) in [6.07, 6.45) is 6.58. The number of hydrogen-bond donors (Lipinski definition) is 0. The van der Waals surface area contributed by atoms with Crippen molar-refractivity contribution in [3.05, 3.63) is 35.4 Å². The van der Waals surface area contributed by atoms with Gasteiger partial charge in [0.25, 0.3) is 0 Å². The maximum atomic E-state index is 12.4. The zero-order valence-corrected chi connectivity index (χ0v) is 10.5. The van der Waals surface area contributed by atoms with Crippen LogP contribution in [0.2, 0.25) is 0 Å². The van der Waals surface area contributed by atoms with Crippen molar-refractivity contribution in [2.75, 3.05) is 0 Å². The minimum Gasteiger partial charge on any atom is -0.299 e.